The highest BCUT2D eigenvalue weighted by Gasteiger charge is 2.33. The largest absolute Gasteiger partial charge is 0.480 e. The minimum atomic E-state index is -0.704. The molecule has 3 nitrogen and oxygen atoms in total. The van der Waals surface area contributed by atoms with Gasteiger partial charge in [0.05, 0.1) is 0 Å². The minimum Gasteiger partial charge on any atom is -0.480 e. The molecule has 1 aromatic carbocycles. The Bertz CT molecular complexity index is 422. The fourth-order valence-electron chi connectivity index (χ4n) is 2.48. The van der Waals surface area contributed by atoms with Gasteiger partial charge in [-0.05, 0) is 44.0 Å². The van der Waals surface area contributed by atoms with Crippen molar-refractivity contribution in [3.63, 3.8) is 0 Å². The standard InChI is InChI=1S/C13H16BrNO2/c1-9(10-4-2-5-11(14)8-10)15-7-3-6-12(15)13(16)17/h2,4-5,8-9,12H,3,6-7H2,1H3,(H,16,17). The molecule has 17 heavy (non-hydrogen) atoms. The second-order valence-electron chi connectivity index (χ2n) is 4.47. The first-order valence-electron chi connectivity index (χ1n) is 5.83. The Hall–Kier alpha value is -0.870. The van der Waals surface area contributed by atoms with Gasteiger partial charge in [-0.15, -0.1) is 0 Å². The molecule has 1 heterocycles. The smallest absolute Gasteiger partial charge is 0.320 e. The van der Waals surface area contributed by atoms with Crippen molar-refractivity contribution in [2.75, 3.05) is 6.54 Å². The Morgan fingerprint density at radius 3 is 3.00 bits per heavy atom. The number of halogens is 1. The van der Waals surface area contributed by atoms with Crippen molar-refractivity contribution < 1.29 is 9.90 Å². The summed E-state index contributed by atoms with van der Waals surface area (Å²) in [7, 11) is 0. The zero-order valence-corrected chi connectivity index (χ0v) is 11.4. The van der Waals surface area contributed by atoms with Crippen molar-refractivity contribution in [2.24, 2.45) is 0 Å². The number of carbonyl (C=O) groups is 1. The highest BCUT2D eigenvalue weighted by molar-refractivity contribution is 9.10. The predicted molar refractivity (Wildman–Crippen MR) is 69.9 cm³/mol. The molecular formula is C13H16BrNO2. The lowest BCUT2D eigenvalue weighted by Crippen LogP contribution is -2.37. The third kappa shape index (κ3) is 2.69. The molecule has 0 bridgehead atoms. The molecule has 1 aromatic rings. The summed E-state index contributed by atoms with van der Waals surface area (Å²) in [5.41, 5.74) is 1.16. The van der Waals surface area contributed by atoms with Gasteiger partial charge in [0, 0.05) is 10.5 Å². The second kappa shape index (κ2) is 5.19. The number of likely N-dealkylation sites (tertiary alicyclic amines) is 1. The van der Waals surface area contributed by atoms with Crippen LogP contribution in [0.2, 0.25) is 0 Å². The van der Waals surface area contributed by atoms with Gasteiger partial charge in [0.25, 0.3) is 0 Å². The first-order valence-corrected chi connectivity index (χ1v) is 6.63. The number of carboxylic acids is 1. The highest BCUT2D eigenvalue weighted by Crippen LogP contribution is 2.30. The lowest BCUT2D eigenvalue weighted by Gasteiger charge is -2.28. The van der Waals surface area contributed by atoms with Gasteiger partial charge in [-0.3, -0.25) is 9.69 Å². The first kappa shape index (κ1) is 12.6. The maximum atomic E-state index is 11.2. The van der Waals surface area contributed by atoms with E-state index in [4.69, 9.17) is 0 Å². The molecule has 1 aliphatic heterocycles. The SMILES string of the molecule is CC(c1cccc(Br)c1)N1CCCC1C(=O)O. The predicted octanol–water partition coefficient (Wildman–Crippen LogP) is 3.06. The van der Waals surface area contributed by atoms with Crippen LogP contribution in [0.1, 0.15) is 31.4 Å². The van der Waals surface area contributed by atoms with Crippen molar-refractivity contribution in [3.05, 3.63) is 34.3 Å². The molecule has 0 spiro atoms. The molecule has 92 valence electrons. The monoisotopic (exact) mass is 297 g/mol. The zero-order chi connectivity index (χ0) is 12.4. The fourth-order valence-corrected chi connectivity index (χ4v) is 2.89. The summed E-state index contributed by atoms with van der Waals surface area (Å²) >= 11 is 3.45. The van der Waals surface area contributed by atoms with E-state index < -0.39 is 5.97 Å². The summed E-state index contributed by atoms with van der Waals surface area (Å²) < 4.78 is 1.04. The molecule has 1 saturated heterocycles. The Morgan fingerprint density at radius 2 is 2.35 bits per heavy atom. The highest BCUT2D eigenvalue weighted by atomic mass is 79.9. The van der Waals surface area contributed by atoms with Crippen molar-refractivity contribution in [1.82, 2.24) is 4.90 Å². The van der Waals surface area contributed by atoms with Crippen molar-refractivity contribution >= 4 is 21.9 Å². The number of benzene rings is 1. The van der Waals surface area contributed by atoms with E-state index in [9.17, 15) is 9.90 Å². The van der Waals surface area contributed by atoms with Gasteiger partial charge >= 0.3 is 5.97 Å². The van der Waals surface area contributed by atoms with Gasteiger partial charge in [-0.2, -0.15) is 0 Å². The molecule has 1 fully saturated rings. The van der Waals surface area contributed by atoms with Gasteiger partial charge in [-0.1, -0.05) is 28.1 Å². The van der Waals surface area contributed by atoms with Crippen molar-refractivity contribution in [1.29, 1.82) is 0 Å². The molecule has 2 unspecified atom stereocenters. The third-order valence-electron chi connectivity index (χ3n) is 3.41. The number of hydrogen-bond donors (Lipinski definition) is 1. The van der Waals surface area contributed by atoms with Gasteiger partial charge < -0.3 is 5.11 Å². The van der Waals surface area contributed by atoms with Crippen LogP contribution in [-0.4, -0.2) is 28.6 Å². The Kier molecular flexibility index (Phi) is 3.84. The summed E-state index contributed by atoms with van der Waals surface area (Å²) in [6, 6.07) is 7.89. The van der Waals surface area contributed by atoms with Gasteiger partial charge in [-0.25, -0.2) is 0 Å². The van der Waals surface area contributed by atoms with E-state index in [1.54, 1.807) is 0 Å². The summed E-state index contributed by atoms with van der Waals surface area (Å²) in [4.78, 5) is 13.2. The van der Waals surface area contributed by atoms with Crippen LogP contribution in [-0.2, 0) is 4.79 Å². The van der Waals surface area contributed by atoms with Crippen molar-refractivity contribution in [3.8, 4) is 0 Å². The number of aliphatic carboxylic acids is 1. The van der Waals surface area contributed by atoms with Crippen LogP contribution < -0.4 is 0 Å². The molecule has 0 amide bonds. The first-order chi connectivity index (χ1) is 8.09. The maximum Gasteiger partial charge on any atom is 0.320 e. The molecular weight excluding hydrogens is 282 g/mol. The average molecular weight is 298 g/mol. The Balaban J connectivity index is 2.19. The van der Waals surface area contributed by atoms with Crippen LogP contribution in [0.5, 0.6) is 0 Å². The Morgan fingerprint density at radius 1 is 1.59 bits per heavy atom. The third-order valence-corrected chi connectivity index (χ3v) is 3.90. The summed E-state index contributed by atoms with van der Waals surface area (Å²) in [6.45, 7) is 2.94. The van der Waals surface area contributed by atoms with E-state index in [1.807, 2.05) is 18.2 Å². The molecule has 1 aliphatic rings. The van der Waals surface area contributed by atoms with Crippen LogP contribution >= 0.6 is 15.9 Å². The van der Waals surface area contributed by atoms with E-state index in [-0.39, 0.29) is 12.1 Å². The van der Waals surface area contributed by atoms with E-state index in [1.165, 1.54) is 0 Å². The Labute approximate surface area is 110 Å². The van der Waals surface area contributed by atoms with E-state index in [2.05, 4.69) is 33.8 Å². The maximum absolute atomic E-state index is 11.2. The number of nitrogens with zero attached hydrogens (tertiary/aromatic N) is 1. The van der Waals surface area contributed by atoms with Crippen LogP contribution in [0.3, 0.4) is 0 Å². The van der Waals surface area contributed by atoms with Crippen LogP contribution in [0.15, 0.2) is 28.7 Å². The van der Waals surface area contributed by atoms with Gasteiger partial charge in [0.2, 0.25) is 0 Å². The molecule has 0 aromatic heterocycles. The molecule has 4 heteroatoms. The van der Waals surface area contributed by atoms with Crippen molar-refractivity contribution in [2.45, 2.75) is 31.8 Å². The van der Waals surface area contributed by atoms with Crippen LogP contribution in [0.4, 0.5) is 0 Å². The van der Waals surface area contributed by atoms with Gasteiger partial charge in [0.15, 0.2) is 0 Å². The minimum absolute atomic E-state index is 0.149. The lowest BCUT2D eigenvalue weighted by atomic mass is 10.1. The molecule has 1 N–H and O–H groups in total. The molecule has 0 aliphatic carbocycles. The summed E-state index contributed by atoms with van der Waals surface area (Å²) in [6.07, 6.45) is 1.73. The number of carboxylic acid groups (broad SMARTS) is 1. The average Bonchev–Trinajstić information content (AvgIpc) is 2.77. The summed E-state index contributed by atoms with van der Waals surface area (Å²) in [5.74, 6) is -0.704. The van der Waals surface area contributed by atoms with E-state index in [0.717, 1.165) is 29.4 Å². The van der Waals surface area contributed by atoms with Gasteiger partial charge in [0.1, 0.15) is 6.04 Å². The van der Waals surface area contributed by atoms with Crippen LogP contribution in [0, 0.1) is 0 Å². The normalized spacial score (nSPS) is 22.6. The lowest BCUT2D eigenvalue weighted by molar-refractivity contribution is -0.142. The molecule has 2 rings (SSSR count). The number of hydrogen-bond acceptors (Lipinski definition) is 2. The van der Waals surface area contributed by atoms with Crippen LogP contribution in [0.25, 0.3) is 0 Å². The molecule has 0 saturated carbocycles. The topological polar surface area (TPSA) is 40.5 Å². The summed E-state index contributed by atoms with van der Waals surface area (Å²) in [5, 5.41) is 9.18. The van der Waals surface area contributed by atoms with E-state index >= 15 is 0 Å². The molecule has 0 radical (unpaired) electrons. The van der Waals surface area contributed by atoms with E-state index in [0.29, 0.717) is 0 Å². The quantitative estimate of drug-likeness (QED) is 0.932. The zero-order valence-electron chi connectivity index (χ0n) is 9.77. The fraction of sp³-hybridized carbons (Fsp3) is 0.462. The number of rotatable bonds is 3. The molecule has 2 atom stereocenters. The second-order valence-corrected chi connectivity index (χ2v) is 5.38.